The minimum atomic E-state index is -2.85. The molecular weight excluding hydrogens is 236 g/mol. The van der Waals surface area contributed by atoms with Gasteiger partial charge in [0.05, 0.1) is 6.21 Å². The van der Waals surface area contributed by atoms with Crippen LogP contribution < -0.4 is 15.9 Å². The fourth-order valence-corrected chi connectivity index (χ4v) is 0.994. The molecule has 4 nitrogen and oxygen atoms in total. The molecule has 0 aliphatic heterocycles. The van der Waals surface area contributed by atoms with E-state index < -0.39 is 6.61 Å². The molecule has 1 aromatic carbocycles. The molecule has 0 amide bonds. The van der Waals surface area contributed by atoms with Gasteiger partial charge in [-0.25, -0.2) is 0 Å². The number of ether oxygens (including phenoxy) is 1. The normalized spacial score (nSPS) is 10.7. The molecule has 0 atom stereocenters. The number of alkyl halides is 2. The van der Waals surface area contributed by atoms with Gasteiger partial charge in [-0.05, 0) is 29.9 Å². The molecule has 0 aromatic heterocycles. The lowest BCUT2D eigenvalue weighted by Gasteiger charge is -2.04. The summed E-state index contributed by atoms with van der Waals surface area (Å²) in [5.41, 5.74) is 8.06. The average Bonchev–Trinajstić information content (AvgIpc) is 2.16. The summed E-state index contributed by atoms with van der Waals surface area (Å²) in [5, 5.41) is 3.70. The largest absolute Gasteiger partial charge is 0.435 e. The first kappa shape index (κ1) is 12.3. The number of rotatable bonds is 4. The van der Waals surface area contributed by atoms with Gasteiger partial charge in [0, 0.05) is 0 Å². The van der Waals surface area contributed by atoms with E-state index in [1.54, 1.807) is 12.1 Å². The van der Waals surface area contributed by atoms with Crippen LogP contribution in [0.1, 0.15) is 5.56 Å². The van der Waals surface area contributed by atoms with E-state index in [1.165, 1.54) is 18.3 Å². The van der Waals surface area contributed by atoms with E-state index in [-0.39, 0.29) is 10.9 Å². The van der Waals surface area contributed by atoms with Crippen LogP contribution in [0.2, 0.25) is 0 Å². The molecule has 0 unspecified atom stereocenters. The van der Waals surface area contributed by atoms with Gasteiger partial charge in [-0.1, -0.05) is 12.1 Å². The molecule has 1 rings (SSSR count). The van der Waals surface area contributed by atoms with Crippen molar-refractivity contribution in [1.82, 2.24) is 5.43 Å². The van der Waals surface area contributed by atoms with Gasteiger partial charge in [-0.2, -0.15) is 13.9 Å². The third-order valence-electron chi connectivity index (χ3n) is 1.47. The van der Waals surface area contributed by atoms with E-state index in [0.29, 0.717) is 5.56 Å². The van der Waals surface area contributed by atoms with Crippen molar-refractivity contribution < 1.29 is 13.5 Å². The number of nitrogens with one attached hydrogen (secondary N) is 1. The van der Waals surface area contributed by atoms with Crippen molar-refractivity contribution in [2.45, 2.75) is 6.61 Å². The molecule has 0 fully saturated rings. The van der Waals surface area contributed by atoms with E-state index in [0.717, 1.165) is 0 Å². The summed E-state index contributed by atoms with van der Waals surface area (Å²) in [6, 6.07) is 6.07. The van der Waals surface area contributed by atoms with Gasteiger partial charge in [0.1, 0.15) is 5.75 Å². The van der Waals surface area contributed by atoms with Crippen LogP contribution in [-0.2, 0) is 0 Å². The second-order valence-corrected chi connectivity index (χ2v) is 3.13. The summed E-state index contributed by atoms with van der Waals surface area (Å²) in [4.78, 5) is 0. The fourth-order valence-electron chi connectivity index (χ4n) is 0.941. The van der Waals surface area contributed by atoms with Gasteiger partial charge in [0.2, 0.25) is 0 Å². The summed E-state index contributed by atoms with van der Waals surface area (Å²) >= 11 is 4.52. The Morgan fingerprint density at radius 1 is 1.56 bits per heavy atom. The molecule has 0 heterocycles. The molecule has 1 aromatic rings. The van der Waals surface area contributed by atoms with Crippen LogP contribution >= 0.6 is 12.2 Å². The summed E-state index contributed by atoms with van der Waals surface area (Å²) in [5.74, 6) is 0.0641. The number of benzene rings is 1. The number of hydrazone groups is 1. The lowest BCUT2D eigenvalue weighted by Crippen LogP contribution is -2.23. The second kappa shape index (κ2) is 5.96. The van der Waals surface area contributed by atoms with Crippen molar-refractivity contribution in [3.8, 4) is 5.75 Å². The lowest BCUT2D eigenvalue weighted by molar-refractivity contribution is -0.0498. The summed E-state index contributed by atoms with van der Waals surface area (Å²) in [6.07, 6.45) is 1.39. The molecular formula is C9H9F2N3OS. The van der Waals surface area contributed by atoms with E-state index in [2.05, 4.69) is 27.5 Å². The van der Waals surface area contributed by atoms with Crippen LogP contribution in [0.3, 0.4) is 0 Å². The SMILES string of the molecule is NC(=S)N/N=C/c1cccc(OC(F)F)c1. The van der Waals surface area contributed by atoms with Gasteiger partial charge in [-0.15, -0.1) is 0 Å². The van der Waals surface area contributed by atoms with E-state index in [4.69, 9.17) is 5.73 Å². The summed E-state index contributed by atoms with van der Waals surface area (Å²) in [7, 11) is 0. The van der Waals surface area contributed by atoms with E-state index in [1.807, 2.05) is 0 Å². The van der Waals surface area contributed by atoms with Gasteiger partial charge >= 0.3 is 6.61 Å². The van der Waals surface area contributed by atoms with Gasteiger partial charge in [0.25, 0.3) is 0 Å². The molecule has 0 aliphatic rings. The van der Waals surface area contributed by atoms with Crippen LogP contribution in [0.4, 0.5) is 8.78 Å². The predicted octanol–water partition coefficient (Wildman–Crippen LogP) is 1.46. The maximum atomic E-state index is 11.9. The molecule has 0 spiro atoms. The molecule has 0 saturated heterocycles. The molecule has 0 saturated carbocycles. The fraction of sp³-hybridized carbons (Fsp3) is 0.111. The Balaban J connectivity index is 2.67. The van der Waals surface area contributed by atoms with Crippen LogP contribution in [0, 0.1) is 0 Å². The van der Waals surface area contributed by atoms with Crippen molar-refractivity contribution in [1.29, 1.82) is 0 Å². The quantitative estimate of drug-likeness (QED) is 0.479. The van der Waals surface area contributed by atoms with E-state index >= 15 is 0 Å². The van der Waals surface area contributed by atoms with Crippen molar-refractivity contribution in [3.05, 3.63) is 29.8 Å². The van der Waals surface area contributed by atoms with Crippen molar-refractivity contribution in [2.24, 2.45) is 10.8 Å². The highest BCUT2D eigenvalue weighted by molar-refractivity contribution is 7.80. The van der Waals surface area contributed by atoms with Gasteiger partial charge < -0.3 is 10.5 Å². The smallest absolute Gasteiger partial charge is 0.387 e. The molecule has 0 bridgehead atoms. The summed E-state index contributed by atoms with van der Waals surface area (Å²) in [6.45, 7) is -2.85. The number of halogens is 2. The zero-order valence-corrected chi connectivity index (χ0v) is 8.88. The molecule has 0 aliphatic carbocycles. The first-order valence-corrected chi connectivity index (χ1v) is 4.62. The Bertz CT molecular complexity index is 398. The highest BCUT2D eigenvalue weighted by atomic mass is 32.1. The average molecular weight is 245 g/mol. The van der Waals surface area contributed by atoms with Gasteiger partial charge in [-0.3, -0.25) is 5.43 Å². The zero-order chi connectivity index (χ0) is 12.0. The minimum Gasteiger partial charge on any atom is -0.435 e. The Kier molecular flexibility index (Phi) is 4.59. The second-order valence-electron chi connectivity index (χ2n) is 2.69. The number of hydrogen-bond donors (Lipinski definition) is 2. The molecule has 0 radical (unpaired) electrons. The standard InChI is InChI=1S/C9H9F2N3OS/c10-8(11)15-7-3-1-2-6(4-7)5-13-14-9(12)16/h1-5,8H,(H3,12,14,16)/b13-5+. The minimum absolute atomic E-state index is 0.0243. The topological polar surface area (TPSA) is 59.6 Å². The number of hydrogen-bond acceptors (Lipinski definition) is 3. The first-order valence-electron chi connectivity index (χ1n) is 4.21. The Morgan fingerprint density at radius 2 is 2.31 bits per heavy atom. The van der Waals surface area contributed by atoms with Crippen LogP contribution in [-0.4, -0.2) is 17.9 Å². The maximum Gasteiger partial charge on any atom is 0.387 e. The third-order valence-corrected chi connectivity index (χ3v) is 1.56. The Hall–Kier alpha value is -1.76. The maximum absolute atomic E-state index is 11.9. The zero-order valence-electron chi connectivity index (χ0n) is 8.06. The lowest BCUT2D eigenvalue weighted by atomic mass is 10.2. The number of nitrogens with zero attached hydrogens (tertiary/aromatic N) is 1. The highest BCUT2D eigenvalue weighted by Gasteiger charge is 2.03. The van der Waals surface area contributed by atoms with Gasteiger partial charge in [0.15, 0.2) is 5.11 Å². The number of thiocarbonyl (C=S) groups is 1. The Labute approximate surface area is 96.1 Å². The van der Waals surface area contributed by atoms with Crippen LogP contribution in [0.5, 0.6) is 5.75 Å². The van der Waals surface area contributed by atoms with E-state index in [9.17, 15) is 8.78 Å². The Morgan fingerprint density at radius 3 is 2.94 bits per heavy atom. The molecule has 86 valence electrons. The predicted molar refractivity (Wildman–Crippen MR) is 60.6 cm³/mol. The number of nitrogens with two attached hydrogens (primary N) is 1. The third kappa shape index (κ3) is 4.65. The molecule has 16 heavy (non-hydrogen) atoms. The van der Waals surface area contributed by atoms with Crippen molar-refractivity contribution in [2.75, 3.05) is 0 Å². The summed E-state index contributed by atoms with van der Waals surface area (Å²) < 4.78 is 28.0. The molecule has 3 N–H and O–H groups in total. The highest BCUT2D eigenvalue weighted by Crippen LogP contribution is 2.14. The molecule has 7 heteroatoms. The first-order chi connectivity index (χ1) is 7.58. The van der Waals surface area contributed by atoms with Crippen molar-refractivity contribution >= 4 is 23.5 Å². The van der Waals surface area contributed by atoms with Crippen molar-refractivity contribution in [3.63, 3.8) is 0 Å². The van der Waals surface area contributed by atoms with Crippen LogP contribution in [0.15, 0.2) is 29.4 Å². The monoisotopic (exact) mass is 245 g/mol. The van der Waals surface area contributed by atoms with Crippen LogP contribution in [0.25, 0.3) is 0 Å².